The summed E-state index contributed by atoms with van der Waals surface area (Å²) in [7, 11) is 0. The zero-order chi connectivity index (χ0) is 24.0. The minimum Gasteiger partial charge on any atom is -0.440 e. The summed E-state index contributed by atoms with van der Waals surface area (Å²) in [6.07, 6.45) is 3.84. The first-order valence-corrected chi connectivity index (χ1v) is 11.5. The molecule has 1 atom stereocenters. The van der Waals surface area contributed by atoms with Crippen LogP contribution in [-0.2, 0) is 11.2 Å². The summed E-state index contributed by atoms with van der Waals surface area (Å²) in [6.45, 7) is 1.97. The first kappa shape index (κ1) is 22.3. The smallest absolute Gasteiger partial charge is 0.220 e. The number of hydrogen-bond acceptors (Lipinski definition) is 5. The highest BCUT2D eigenvalue weighted by Gasteiger charge is 2.18. The Morgan fingerprint density at radius 2 is 1.63 bits per heavy atom. The number of benzene rings is 3. The number of aryl methyl sites for hydroxylation is 1. The molecular weight excluding hydrogens is 438 g/mol. The van der Waals surface area contributed by atoms with Crippen molar-refractivity contribution in [2.45, 2.75) is 25.8 Å². The van der Waals surface area contributed by atoms with Crippen LogP contribution in [0.2, 0.25) is 0 Å². The minimum absolute atomic E-state index is 0.0569. The fourth-order valence-corrected chi connectivity index (χ4v) is 3.92. The Morgan fingerprint density at radius 3 is 2.29 bits per heavy atom. The van der Waals surface area contributed by atoms with E-state index < -0.39 is 0 Å². The minimum atomic E-state index is -0.128. The molecule has 5 rings (SSSR count). The second-order valence-corrected chi connectivity index (χ2v) is 8.24. The maximum absolute atomic E-state index is 12.7. The summed E-state index contributed by atoms with van der Waals surface area (Å²) < 4.78 is 7.83. The number of carbonyl (C=O) groups is 1. The highest BCUT2D eigenvalue weighted by Crippen LogP contribution is 2.32. The van der Waals surface area contributed by atoms with Gasteiger partial charge < -0.3 is 9.73 Å². The molecule has 0 saturated heterocycles. The van der Waals surface area contributed by atoms with Crippen molar-refractivity contribution < 1.29 is 9.21 Å². The van der Waals surface area contributed by atoms with E-state index in [4.69, 9.17) is 9.40 Å². The summed E-state index contributed by atoms with van der Waals surface area (Å²) >= 11 is 0. The molecular formula is C28H25N5O2. The van der Waals surface area contributed by atoms with Crippen molar-refractivity contribution in [2.24, 2.45) is 0 Å². The number of carbonyl (C=O) groups excluding carboxylic acids is 1. The Labute approximate surface area is 203 Å². The molecule has 174 valence electrons. The summed E-state index contributed by atoms with van der Waals surface area (Å²) in [5, 5.41) is 7.19. The molecule has 1 N–H and O–H groups in total. The van der Waals surface area contributed by atoms with Gasteiger partial charge in [-0.1, -0.05) is 72.8 Å². The Hall–Kier alpha value is -4.52. The number of nitrogens with one attached hydrogen (secondary N) is 1. The van der Waals surface area contributed by atoms with Crippen molar-refractivity contribution in [3.8, 4) is 28.3 Å². The first-order valence-electron chi connectivity index (χ1n) is 11.5. The number of hydrogen-bond donors (Lipinski definition) is 1. The fraction of sp³-hybridized carbons (Fsp3) is 0.143. The molecule has 0 fully saturated rings. The topological polar surface area (TPSA) is 85.8 Å². The van der Waals surface area contributed by atoms with E-state index >= 15 is 0 Å². The summed E-state index contributed by atoms with van der Waals surface area (Å²) in [5.74, 6) is 1.20. The standard InChI is InChI=1S/C28H25N5O2/c1-20(21-12-14-24(15-13-21)33-19-29-18-30-33)31-25(34)16-17-26-32-27(22-8-4-2-5-9-22)28(35-26)23-10-6-3-7-11-23/h2-15,18-20H,16-17H2,1H3,(H,31,34). The van der Waals surface area contributed by atoms with Gasteiger partial charge >= 0.3 is 0 Å². The number of oxazole rings is 1. The molecule has 3 aromatic carbocycles. The van der Waals surface area contributed by atoms with Gasteiger partial charge in [-0.25, -0.2) is 14.6 Å². The van der Waals surface area contributed by atoms with E-state index in [0.717, 1.165) is 28.1 Å². The van der Waals surface area contributed by atoms with E-state index in [9.17, 15) is 4.79 Å². The molecule has 0 spiro atoms. The van der Waals surface area contributed by atoms with Gasteiger partial charge in [-0.05, 0) is 24.6 Å². The quantitative estimate of drug-likeness (QED) is 0.333. The molecule has 0 aliphatic carbocycles. The normalized spacial score (nSPS) is 11.8. The maximum Gasteiger partial charge on any atom is 0.220 e. The van der Waals surface area contributed by atoms with Gasteiger partial charge in [0, 0.05) is 24.0 Å². The van der Waals surface area contributed by atoms with Gasteiger partial charge in [0.2, 0.25) is 5.91 Å². The predicted molar refractivity (Wildman–Crippen MR) is 134 cm³/mol. The molecule has 2 aromatic heterocycles. The van der Waals surface area contributed by atoms with Gasteiger partial charge in [-0.2, -0.15) is 5.10 Å². The van der Waals surface area contributed by atoms with Gasteiger partial charge in [0.05, 0.1) is 11.7 Å². The molecule has 0 aliphatic heterocycles. The molecule has 0 radical (unpaired) electrons. The van der Waals surface area contributed by atoms with Crippen molar-refractivity contribution in [3.63, 3.8) is 0 Å². The van der Waals surface area contributed by atoms with Gasteiger partial charge in [-0.15, -0.1) is 0 Å². The lowest BCUT2D eigenvalue weighted by molar-refractivity contribution is -0.121. The van der Waals surface area contributed by atoms with Crippen LogP contribution in [0, 0.1) is 0 Å². The zero-order valence-corrected chi connectivity index (χ0v) is 19.3. The van der Waals surface area contributed by atoms with Crippen molar-refractivity contribution in [2.75, 3.05) is 0 Å². The van der Waals surface area contributed by atoms with E-state index in [1.807, 2.05) is 91.9 Å². The van der Waals surface area contributed by atoms with Crippen molar-refractivity contribution in [3.05, 3.63) is 109 Å². The van der Waals surface area contributed by atoms with Crippen LogP contribution in [0.15, 0.2) is 102 Å². The van der Waals surface area contributed by atoms with Gasteiger partial charge in [0.15, 0.2) is 11.7 Å². The zero-order valence-electron chi connectivity index (χ0n) is 19.3. The molecule has 1 amide bonds. The van der Waals surface area contributed by atoms with Crippen LogP contribution in [0.3, 0.4) is 0 Å². The van der Waals surface area contributed by atoms with Crippen LogP contribution < -0.4 is 5.32 Å². The maximum atomic E-state index is 12.7. The number of nitrogens with zero attached hydrogens (tertiary/aromatic N) is 4. The Morgan fingerprint density at radius 1 is 0.943 bits per heavy atom. The average molecular weight is 464 g/mol. The van der Waals surface area contributed by atoms with Crippen molar-refractivity contribution in [1.82, 2.24) is 25.1 Å². The molecule has 2 heterocycles. The molecule has 7 heteroatoms. The molecule has 1 unspecified atom stereocenters. The van der Waals surface area contributed by atoms with Crippen LogP contribution >= 0.6 is 0 Å². The van der Waals surface area contributed by atoms with Crippen molar-refractivity contribution in [1.29, 1.82) is 0 Å². The highest BCUT2D eigenvalue weighted by molar-refractivity contribution is 5.78. The highest BCUT2D eigenvalue weighted by atomic mass is 16.4. The van der Waals surface area contributed by atoms with Gasteiger partial charge in [0.1, 0.15) is 18.3 Å². The van der Waals surface area contributed by atoms with Crippen LogP contribution in [0.25, 0.3) is 28.3 Å². The number of amides is 1. The Balaban J connectivity index is 1.25. The van der Waals surface area contributed by atoms with Crippen LogP contribution in [0.1, 0.15) is 30.8 Å². The molecule has 7 nitrogen and oxygen atoms in total. The lowest BCUT2D eigenvalue weighted by Crippen LogP contribution is -2.26. The number of rotatable bonds is 8. The van der Waals surface area contributed by atoms with E-state index in [1.165, 1.54) is 6.33 Å². The van der Waals surface area contributed by atoms with E-state index in [2.05, 4.69) is 15.4 Å². The largest absolute Gasteiger partial charge is 0.440 e. The van der Waals surface area contributed by atoms with Crippen LogP contribution in [0.5, 0.6) is 0 Å². The van der Waals surface area contributed by atoms with Crippen LogP contribution in [-0.4, -0.2) is 25.7 Å². The first-order chi connectivity index (χ1) is 17.2. The summed E-state index contributed by atoms with van der Waals surface area (Å²) in [5.41, 5.74) is 4.65. The lowest BCUT2D eigenvalue weighted by atomic mass is 10.1. The lowest BCUT2D eigenvalue weighted by Gasteiger charge is -2.14. The second-order valence-electron chi connectivity index (χ2n) is 8.24. The summed E-state index contributed by atoms with van der Waals surface area (Å²) in [4.78, 5) is 21.4. The molecule has 0 saturated carbocycles. The fourth-order valence-electron chi connectivity index (χ4n) is 3.92. The predicted octanol–water partition coefficient (Wildman–Crippen LogP) is 5.40. The molecule has 0 bridgehead atoms. The molecule has 35 heavy (non-hydrogen) atoms. The monoisotopic (exact) mass is 463 g/mol. The van der Waals surface area contributed by atoms with Crippen molar-refractivity contribution >= 4 is 5.91 Å². The Bertz CT molecular complexity index is 1320. The third-order valence-corrected chi connectivity index (χ3v) is 5.77. The van der Waals surface area contributed by atoms with E-state index in [1.54, 1.807) is 11.0 Å². The number of aromatic nitrogens is 4. The molecule has 5 aromatic rings. The summed E-state index contributed by atoms with van der Waals surface area (Å²) in [6, 6.07) is 27.6. The molecule has 0 aliphatic rings. The van der Waals surface area contributed by atoms with Crippen LogP contribution in [0.4, 0.5) is 0 Å². The van der Waals surface area contributed by atoms with Gasteiger partial charge in [-0.3, -0.25) is 4.79 Å². The average Bonchev–Trinajstić information content (AvgIpc) is 3.59. The second kappa shape index (κ2) is 10.2. The SMILES string of the molecule is CC(NC(=O)CCc1nc(-c2ccccc2)c(-c2ccccc2)o1)c1ccc(-n2cncn2)cc1. The third-order valence-electron chi connectivity index (χ3n) is 5.77. The Kier molecular flexibility index (Phi) is 6.48. The van der Waals surface area contributed by atoms with E-state index in [0.29, 0.717) is 18.1 Å². The van der Waals surface area contributed by atoms with Gasteiger partial charge in [0.25, 0.3) is 0 Å². The third kappa shape index (κ3) is 5.19. The van der Waals surface area contributed by atoms with E-state index in [-0.39, 0.29) is 18.4 Å².